The predicted octanol–water partition coefficient (Wildman–Crippen LogP) is 2.84. The molecule has 0 saturated heterocycles. The zero-order valence-corrected chi connectivity index (χ0v) is 6.98. The van der Waals surface area contributed by atoms with Crippen molar-refractivity contribution in [2.75, 3.05) is 0 Å². The molecule has 1 aliphatic carbocycles. The van der Waals surface area contributed by atoms with Gasteiger partial charge in [-0.05, 0) is 24.7 Å². The van der Waals surface area contributed by atoms with Crippen LogP contribution in [0.25, 0.3) is 0 Å². The van der Waals surface area contributed by atoms with Crippen LogP contribution >= 0.6 is 0 Å². The van der Waals surface area contributed by atoms with Crippen molar-refractivity contribution < 1.29 is 0 Å². The molecule has 0 aromatic carbocycles. The largest absolute Gasteiger partial charge is 0.120 e. The van der Waals surface area contributed by atoms with Crippen molar-refractivity contribution in [3.8, 4) is 12.3 Å². The molecular weight excluding hydrogens is 120 g/mol. The van der Waals surface area contributed by atoms with Gasteiger partial charge in [0.25, 0.3) is 0 Å². The Bertz CT molecular complexity index is 148. The second-order valence-electron chi connectivity index (χ2n) is 4.12. The Balaban J connectivity index is 2.49. The van der Waals surface area contributed by atoms with E-state index < -0.39 is 0 Å². The molecule has 0 radical (unpaired) electrons. The SMILES string of the molecule is C#CC1CCCC(C)(C)C1. The number of terminal acetylenes is 1. The summed E-state index contributed by atoms with van der Waals surface area (Å²) in [4.78, 5) is 0. The molecule has 1 saturated carbocycles. The molecule has 0 heteroatoms. The van der Waals surface area contributed by atoms with Crippen LogP contribution in [0.5, 0.6) is 0 Å². The molecule has 0 aromatic rings. The number of hydrogen-bond acceptors (Lipinski definition) is 0. The smallest absolute Gasteiger partial charge is 0.0205 e. The summed E-state index contributed by atoms with van der Waals surface area (Å²) >= 11 is 0. The van der Waals surface area contributed by atoms with E-state index in [4.69, 9.17) is 6.42 Å². The molecule has 0 spiro atoms. The molecule has 0 aliphatic heterocycles. The van der Waals surface area contributed by atoms with Crippen molar-refractivity contribution in [3.63, 3.8) is 0 Å². The van der Waals surface area contributed by atoms with Crippen LogP contribution in [0.15, 0.2) is 0 Å². The van der Waals surface area contributed by atoms with Crippen molar-refractivity contribution >= 4 is 0 Å². The predicted molar refractivity (Wildman–Crippen MR) is 44.6 cm³/mol. The van der Waals surface area contributed by atoms with Gasteiger partial charge in [-0.2, -0.15) is 0 Å². The molecule has 0 N–H and O–H groups in total. The maximum Gasteiger partial charge on any atom is 0.0205 e. The first kappa shape index (κ1) is 7.66. The summed E-state index contributed by atoms with van der Waals surface area (Å²) in [5.41, 5.74) is 0.509. The van der Waals surface area contributed by atoms with E-state index in [2.05, 4.69) is 19.8 Å². The first-order valence-electron chi connectivity index (χ1n) is 4.10. The van der Waals surface area contributed by atoms with E-state index in [1.165, 1.54) is 25.7 Å². The summed E-state index contributed by atoms with van der Waals surface area (Å²) in [6.07, 6.45) is 10.5. The Morgan fingerprint density at radius 2 is 2.20 bits per heavy atom. The Hall–Kier alpha value is -0.440. The molecule has 1 fully saturated rings. The highest BCUT2D eigenvalue weighted by Gasteiger charge is 2.26. The molecule has 0 aromatic heterocycles. The van der Waals surface area contributed by atoms with Crippen LogP contribution < -0.4 is 0 Å². The lowest BCUT2D eigenvalue weighted by Crippen LogP contribution is -2.21. The van der Waals surface area contributed by atoms with Crippen LogP contribution in [0.2, 0.25) is 0 Å². The topological polar surface area (TPSA) is 0 Å². The average Bonchev–Trinajstić information content (AvgIpc) is 1.86. The maximum absolute atomic E-state index is 5.37. The zero-order valence-electron chi connectivity index (χ0n) is 6.98. The third kappa shape index (κ3) is 1.77. The van der Waals surface area contributed by atoms with Crippen LogP contribution in [0.1, 0.15) is 39.5 Å². The van der Waals surface area contributed by atoms with Crippen LogP contribution in [0.4, 0.5) is 0 Å². The highest BCUT2D eigenvalue weighted by Crippen LogP contribution is 2.37. The van der Waals surface area contributed by atoms with Crippen molar-refractivity contribution in [1.82, 2.24) is 0 Å². The lowest BCUT2D eigenvalue weighted by atomic mass is 9.72. The van der Waals surface area contributed by atoms with Crippen LogP contribution in [0.3, 0.4) is 0 Å². The van der Waals surface area contributed by atoms with E-state index in [-0.39, 0.29) is 0 Å². The fourth-order valence-electron chi connectivity index (χ4n) is 1.84. The average molecular weight is 136 g/mol. The molecule has 0 heterocycles. The summed E-state index contributed by atoms with van der Waals surface area (Å²) in [6, 6.07) is 0. The van der Waals surface area contributed by atoms with Crippen molar-refractivity contribution in [1.29, 1.82) is 0 Å². The standard InChI is InChI=1S/C10H16/c1-4-9-6-5-7-10(2,3)8-9/h1,9H,5-8H2,2-3H3. The lowest BCUT2D eigenvalue weighted by Gasteiger charge is -2.32. The van der Waals surface area contributed by atoms with E-state index in [0.717, 1.165) is 0 Å². The van der Waals surface area contributed by atoms with Gasteiger partial charge in [0.05, 0.1) is 0 Å². The summed E-state index contributed by atoms with van der Waals surface area (Å²) in [7, 11) is 0. The molecular formula is C10H16. The van der Waals surface area contributed by atoms with Crippen LogP contribution in [-0.4, -0.2) is 0 Å². The van der Waals surface area contributed by atoms with Crippen molar-refractivity contribution in [2.24, 2.45) is 11.3 Å². The highest BCUT2D eigenvalue weighted by atomic mass is 14.3. The van der Waals surface area contributed by atoms with E-state index in [1.807, 2.05) is 0 Å². The minimum atomic E-state index is 0.509. The van der Waals surface area contributed by atoms with Crippen molar-refractivity contribution in [2.45, 2.75) is 39.5 Å². The van der Waals surface area contributed by atoms with Gasteiger partial charge in [-0.3, -0.25) is 0 Å². The van der Waals surface area contributed by atoms with E-state index in [0.29, 0.717) is 11.3 Å². The summed E-state index contributed by atoms with van der Waals surface area (Å²) in [6.45, 7) is 4.63. The third-order valence-corrected chi connectivity index (χ3v) is 2.44. The fraction of sp³-hybridized carbons (Fsp3) is 0.800. The molecule has 0 nitrogen and oxygen atoms in total. The Morgan fingerprint density at radius 3 is 2.60 bits per heavy atom. The van der Waals surface area contributed by atoms with E-state index >= 15 is 0 Å². The molecule has 1 unspecified atom stereocenters. The minimum Gasteiger partial charge on any atom is -0.120 e. The van der Waals surface area contributed by atoms with Crippen molar-refractivity contribution in [3.05, 3.63) is 0 Å². The zero-order chi connectivity index (χ0) is 7.61. The molecule has 1 aliphatic rings. The van der Waals surface area contributed by atoms with E-state index in [9.17, 15) is 0 Å². The summed E-state index contributed by atoms with van der Waals surface area (Å²) in [5.74, 6) is 3.42. The van der Waals surface area contributed by atoms with Gasteiger partial charge in [-0.15, -0.1) is 12.3 Å². The second-order valence-corrected chi connectivity index (χ2v) is 4.12. The minimum absolute atomic E-state index is 0.509. The first-order valence-corrected chi connectivity index (χ1v) is 4.10. The van der Waals surface area contributed by atoms with E-state index in [1.54, 1.807) is 0 Å². The molecule has 1 atom stereocenters. The van der Waals surface area contributed by atoms with Gasteiger partial charge < -0.3 is 0 Å². The van der Waals surface area contributed by atoms with Crippen LogP contribution in [0, 0.1) is 23.7 Å². The molecule has 1 rings (SSSR count). The fourth-order valence-corrected chi connectivity index (χ4v) is 1.84. The van der Waals surface area contributed by atoms with Gasteiger partial charge >= 0.3 is 0 Å². The van der Waals surface area contributed by atoms with Gasteiger partial charge in [0.1, 0.15) is 0 Å². The van der Waals surface area contributed by atoms with Gasteiger partial charge in [-0.25, -0.2) is 0 Å². The van der Waals surface area contributed by atoms with Gasteiger partial charge in [0, 0.05) is 5.92 Å². The molecule has 56 valence electrons. The molecule has 0 bridgehead atoms. The molecule has 0 amide bonds. The summed E-state index contributed by atoms with van der Waals surface area (Å²) in [5, 5.41) is 0. The molecule has 10 heavy (non-hydrogen) atoms. The van der Waals surface area contributed by atoms with Gasteiger partial charge in [0.15, 0.2) is 0 Å². The lowest BCUT2D eigenvalue weighted by molar-refractivity contribution is 0.211. The number of hydrogen-bond donors (Lipinski definition) is 0. The first-order chi connectivity index (χ1) is 4.64. The highest BCUT2D eigenvalue weighted by molar-refractivity contribution is 4.97. The van der Waals surface area contributed by atoms with Crippen LogP contribution in [-0.2, 0) is 0 Å². The maximum atomic E-state index is 5.37. The Labute approximate surface area is 64.0 Å². The quantitative estimate of drug-likeness (QED) is 0.449. The van der Waals surface area contributed by atoms with Gasteiger partial charge in [0.2, 0.25) is 0 Å². The van der Waals surface area contributed by atoms with Gasteiger partial charge in [-0.1, -0.05) is 20.3 Å². The normalized spacial score (nSPS) is 31.1. The summed E-state index contributed by atoms with van der Waals surface area (Å²) < 4.78 is 0. The monoisotopic (exact) mass is 136 g/mol. The number of rotatable bonds is 0. The third-order valence-electron chi connectivity index (χ3n) is 2.44. The Kier molecular flexibility index (Phi) is 2.04. The second kappa shape index (κ2) is 2.66. The Morgan fingerprint density at radius 1 is 1.50 bits per heavy atom.